The lowest BCUT2D eigenvalue weighted by molar-refractivity contribution is 0.0950. The summed E-state index contributed by atoms with van der Waals surface area (Å²) < 4.78 is 48.2. The fourth-order valence-electron chi connectivity index (χ4n) is 3.07. The molecule has 0 saturated carbocycles. The van der Waals surface area contributed by atoms with E-state index in [-0.39, 0.29) is 50.0 Å². The largest absolute Gasteiger partial charge is 0.481 e. The summed E-state index contributed by atoms with van der Waals surface area (Å²) in [6, 6.07) is 10.0. The summed E-state index contributed by atoms with van der Waals surface area (Å²) >= 11 is 12.7. The minimum atomic E-state index is -3.81. The van der Waals surface area contributed by atoms with Crippen LogP contribution in [0.1, 0.15) is 35.3 Å². The molecule has 0 radical (unpaired) electrons. The Balaban J connectivity index is 1.82. The smallest absolute Gasteiger partial charge is 0.253 e. The number of aromatic nitrogens is 1. The molecule has 3 rings (SSSR count). The van der Waals surface area contributed by atoms with Crippen molar-refractivity contribution in [2.75, 3.05) is 7.11 Å². The number of nitrogens with zero attached hydrogens (tertiary/aromatic N) is 1. The van der Waals surface area contributed by atoms with Crippen molar-refractivity contribution in [3.8, 4) is 17.4 Å². The number of ether oxygens (including phenoxy) is 2. The highest BCUT2D eigenvalue weighted by atomic mass is 35.5. The number of hydrogen-bond acceptors (Lipinski definition) is 6. The quantitative estimate of drug-likeness (QED) is 0.415. The second kappa shape index (κ2) is 10.4. The van der Waals surface area contributed by atoms with Crippen LogP contribution in [0.25, 0.3) is 0 Å². The molecule has 0 saturated heterocycles. The zero-order valence-electron chi connectivity index (χ0n) is 18.9. The lowest BCUT2D eigenvalue weighted by atomic mass is 10.0. The van der Waals surface area contributed by atoms with Crippen LogP contribution in [0.3, 0.4) is 0 Å². The molecule has 186 valence electrons. The topological polar surface area (TPSA) is 121 Å². The number of amides is 1. The second-order valence-corrected chi connectivity index (χ2v) is 10.3. The van der Waals surface area contributed by atoms with Gasteiger partial charge in [0, 0.05) is 6.54 Å². The average molecular weight is 542 g/mol. The van der Waals surface area contributed by atoms with Crippen LogP contribution in [0.2, 0.25) is 10.0 Å². The average Bonchev–Trinajstić information content (AvgIpc) is 2.79. The zero-order valence-corrected chi connectivity index (χ0v) is 21.3. The van der Waals surface area contributed by atoms with Gasteiger partial charge >= 0.3 is 0 Å². The summed E-state index contributed by atoms with van der Waals surface area (Å²) in [5, 5.41) is 7.84. The van der Waals surface area contributed by atoms with Gasteiger partial charge in [-0.1, -0.05) is 35.3 Å². The highest BCUT2D eigenvalue weighted by molar-refractivity contribution is 7.89. The van der Waals surface area contributed by atoms with Crippen LogP contribution in [0, 0.1) is 0 Å². The van der Waals surface area contributed by atoms with Crippen molar-refractivity contribution in [1.29, 1.82) is 0 Å². The van der Waals surface area contributed by atoms with E-state index in [1.165, 1.54) is 69.6 Å². The van der Waals surface area contributed by atoms with Crippen molar-refractivity contribution in [3.63, 3.8) is 0 Å². The van der Waals surface area contributed by atoms with E-state index in [4.69, 9.17) is 37.8 Å². The molecule has 1 heterocycles. The van der Waals surface area contributed by atoms with Crippen LogP contribution in [-0.2, 0) is 22.2 Å². The fourth-order valence-corrected chi connectivity index (χ4v) is 4.12. The number of carbonyl (C=O) groups is 1. The molecule has 0 bridgehead atoms. The van der Waals surface area contributed by atoms with Crippen LogP contribution in [0.15, 0.2) is 53.6 Å². The first-order chi connectivity index (χ1) is 16.3. The molecule has 0 spiro atoms. The van der Waals surface area contributed by atoms with E-state index in [0.29, 0.717) is 5.56 Å². The summed E-state index contributed by atoms with van der Waals surface area (Å²) in [6.07, 6.45) is 1.32. The normalized spacial score (nSPS) is 11.7. The summed E-state index contributed by atoms with van der Waals surface area (Å²) in [7, 11) is -2.44. The van der Waals surface area contributed by atoms with Gasteiger partial charge in [-0.15, -0.1) is 0 Å². The van der Waals surface area contributed by atoms with E-state index in [9.17, 15) is 17.6 Å². The molecule has 35 heavy (non-hydrogen) atoms. The first-order valence-corrected chi connectivity index (χ1v) is 12.4. The predicted molar refractivity (Wildman–Crippen MR) is 130 cm³/mol. The summed E-state index contributed by atoms with van der Waals surface area (Å²) in [5.74, 6) is -0.284. The third-order valence-corrected chi connectivity index (χ3v) is 6.48. The Morgan fingerprint density at radius 1 is 1.17 bits per heavy atom. The molecule has 0 aliphatic heterocycles. The summed E-state index contributed by atoms with van der Waals surface area (Å²) in [6.45, 7) is 2.80. The molecular formula is C23H22Cl2FN3O5S. The van der Waals surface area contributed by atoms with Crippen molar-refractivity contribution in [2.24, 2.45) is 5.14 Å². The Hall–Kier alpha value is -2.92. The van der Waals surface area contributed by atoms with E-state index >= 15 is 0 Å². The van der Waals surface area contributed by atoms with Crippen LogP contribution in [0.5, 0.6) is 17.4 Å². The van der Waals surface area contributed by atoms with E-state index in [1.54, 1.807) is 0 Å². The third kappa shape index (κ3) is 6.40. The maximum Gasteiger partial charge on any atom is 0.253 e. The molecule has 8 nitrogen and oxygen atoms in total. The van der Waals surface area contributed by atoms with Gasteiger partial charge in [0.15, 0.2) is 5.75 Å². The number of primary sulfonamides is 1. The number of hydrogen-bond donors (Lipinski definition) is 2. The van der Waals surface area contributed by atoms with Gasteiger partial charge in [0.25, 0.3) is 5.91 Å². The number of pyridine rings is 1. The first kappa shape index (κ1) is 26.7. The fraction of sp³-hybridized carbons (Fsp3) is 0.217. The molecule has 0 aliphatic carbocycles. The Bertz CT molecular complexity index is 1360. The van der Waals surface area contributed by atoms with Gasteiger partial charge < -0.3 is 14.8 Å². The Morgan fingerprint density at radius 2 is 1.83 bits per heavy atom. The number of alkyl halides is 1. The van der Waals surface area contributed by atoms with Crippen LogP contribution in [-0.4, -0.2) is 26.4 Å². The van der Waals surface area contributed by atoms with E-state index in [2.05, 4.69) is 10.3 Å². The molecule has 3 aromatic rings. The van der Waals surface area contributed by atoms with Gasteiger partial charge in [0.2, 0.25) is 15.9 Å². The summed E-state index contributed by atoms with van der Waals surface area (Å²) in [4.78, 5) is 16.8. The van der Waals surface area contributed by atoms with Gasteiger partial charge in [-0.2, -0.15) is 0 Å². The number of nitrogens with one attached hydrogen (secondary N) is 1. The van der Waals surface area contributed by atoms with Gasteiger partial charge in [0.05, 0.1) is 39.4 Å². The maximum atomic E-state index is 14.6. The number of rotatable bonds is 8. The lowest BCUT2D eigenvalue weighted by Crippen LogP contribution is -2.23. The number of sulfonamides is 1. The van der Waals surface area contributed by atoms with Gasteiger partial charge in [-0.25, -0.2) is 22.9 Å². The van der Waals surface area contributed by atoms with Gasteiger partial charge in [-0.3, -0.25) is 4.79 Å². The SMILES string of the molecule is COc1ncc(Oc2c(Cl)ccc(C(=O)NCc3ccc(S(N)(=O)=O)cc3)c2Cl)cc1C(C)(C)F. The van der Waals surface area contributed by atoms with E-state index < -0.39 is 21.6 Å². The molecule has 1 aromatic heterocycles. The minimum absolute atomic E-state index is 0.00642. The minimum Gasteiger partial charge on any atom is -0.481 e. The highest BCUT2D eigenvalue weighted by Gasteiger charge is 2.26. The third-order valence-electron chi connectivity index (χ3n) is 4.88. The summed E-state index contributed by atoms with van der Waals surface area (Å²) in [5.41, 5.74) is -0.885. The second-order valence-electron chi connectivity index (χ2n) is 7.91. The van der Waals surface area contributed by atoms with Gasteiger partial charge in [-0.05, 0) is 49.7 Å². The molecule has 0 aliphatic rings. The van der Waals surface area contributed by atoms with Crippen LogP contribution in [0.4, 0.5) is 4.39 Å². The van der Waals surface area contributed by atoms with E-state index in [0.717, 1.165) is 0 Å². The standard InChI is InChI=1S/C23H22Cl2FN3O5S/c1-23(2,26)17-10-14(12-29-22(17)33-3)34-20-18(24)9-8-16(19(20)25)21(30)28-11-13-4-6-15(7-5-13)35(27,31)32/h4-10,12H,11H2,1-3H3,(H,28,30)(H2,27,31,32). The van der Waals surface area contributed by atoms with E-state index in [1.807, 2.05) is 0 Å². The molecular weight excluding hydrogens is 520 g/mol. The maximum absolute atomic E-state index is 14.6. The van der Waals surface area contributed by atoms with Crippen molar-refractivity contribution >= 4 is 39.1 Å². The van der Waals surface area contributed by atoms with Crippen molar-refractivity contribution in [1.82, 2.24) is 10.3 Å². The zero-order chi connectivity index (χ0) is 26.0. The number of carbonyl (C=O) groups excluding carboxylic acids is 1. The number of methoxy groups -OCH3 is 1. The number of benzene rings is 2. The Labute approximate surface area is 212 Å². The van der Waals surface area contributed by atoms with Crippen molar-refractivity contribution in [3.05, 3.63) is 75.4 Å². The lowest BCUT2D eigenvalue weighted by Gasteiger charge is -2.19. The molecule has 0 atom stereocenters. The molecule has 1 amide bonds. The van der Waals surface area contributed by atoms with Crippen LogP contribution >= 0.6 is 23.2 Å². The number of halogens is 3. The Morgan fingerprint density at radius 3 is 2.40 bits per heavy atom. The highest BCUT2D eigenvalue weighted by Crippen LogP contribution is 2.40. The Kier molecular flexibility index (Phi) is 7.90. The van der Waals surface area contributed by atoms with Crippen LogP contribution < -0.4 is 19.9 Å². The monoisotopic (exact) mass is 541 g/mol. The van der Waals surface area contributed by atoms with Gasteiger partial charge in [0.1, 0.15) is 11.4 Å². The number of nitrogens with two attached hydrogens (primary N) is 1. The molecule has 0 fully saturated rings. The van der Waals surface area contributed by atoms with Crippen molar-refractivity contribution in [2.45, 2.75) is 31.0 Å². The first-order valence-electron chi connectivity index (χ1n) is 10.1. The predicted octanol–water partition coefficient (Wildman–Crippen LogP) is 4.97. The molecule has 0 unspecified atom stereocenters. The molecule has 12 heteroatoms. The van der Waals surface area contributed by atoms with Crippen molar-refractivity contribution < 1.29 is 27.1 Å². The molecule has 3 N–H and O–H groups in total. The molecule has 2 aromatic carbocycles.